The van der Waals surface area contributed by atoms with Gasteiger partial charge in [-0.1, -0.05) is 28.9 Å². The fourth-order valence-electron chi connectivity index (χ4n) is 1.45. The highest BCUT2D eigenvalue weighted by Crippen LogP contribution is 2.20. The van der Waals surface area contributed by atoms with Crippen LogP contribution in [0.25, 0.3) is 0 Å². The van der Waals surface area contributed by atoms with Crippen molar-refractivity contribution in [1.82, 2.24) is 5.32 Å². The fourth-order valence-corrected chi connectivity index (χ4v) is 1.81. The van der Waals surface area contributed by atoms with Crippen molar-refractivity contribution < 1.29 is 9.90 Å². The van der Waals surface area contributed by atoms with Crippen LogP contribution in [0.2, 0.25) is 0 Å². The van der Waals surface area contributed by atoms with Gasteiger partial charge >= 0.3 is 6.03 Å². The van der Waals surface area contributed by atoms with Gasteiger partial charge in [0.2, 0.25) is 0 Å². The number of anilines is 1. The van der Waals surface area contributed by atoms with Crippen molar-refractivity contribution >= 4 is 27.6 Å². The van der Waals surface area contributed by atoms with Crippen molar-refractivity contribution in [1.29, 1.82) is 0 Å². The summed E-state index contributed by atoms with van der Waals surface area (Å²) < 4.78 is 0.921. The van der Waals surface area contributed by atoms with E-state index in [2.05, 4.69) is 26.6 Å². The van der Waals surface area contributed by atoms with Gasteiger partial charge in [-0.25, -0.2) is 4.79 Å². The Hall–Kier alpha value is -1.07. The molecule has 0 spiro atoms. The number of amides is 2. The molecule has 1 atom stereocenters. The van der Waals surface area contributed by atoms with E-state index in [0.717, 1.165) is 15.7 Å². The third kappa shape index (κ3) is 5.06. The number of urea groups is 1. The first-order valence-electron chi connectivity index (χ1n) is 6.02. The van der Waals surface area contributed by atoms with Gasteiger partial charge in [0, 0.05) is 16.7 Å². The standard InChI is InChI=1S/C13H19BrN2O2/c1-3-11(17)6-7-15-13(18)16-12-8-10(14)5-4-9(12)2/h4-5,8,11,17H,3,6-7H2,1-2H3,(H2,15,16,18). The molecule has 18 heavy (non-hydrogen) atoms. The van der Waals surface area contributed by atoms with E-state index < -0.39 is 0 Å². The molecule has 0 aliphatic heterocycles. The Bertz CT molecular complexity index is 410. The lowest BCUT2D eigenvalue weighted by Gasteiger charge is -2.11. The number of aliphatic hydroxyl groups excluding tert-OH is 1. The first-order valence-corrected chi connectivity index (χ1v) is 6.81. The number of carbonyl (C=O) groups is 1. The van der Waals surface area contributed by atoms with Crippen LogP contribution < -0.4 is 10.6 Å². The third-order valence-electron chi connectivity index (χ3n) is 2.68. The van der Waals surface area contributed by atoms with E-state index in [0.29, 0.717) is 19.4 Å². The number of hydrogen-bond donors (Lipinski definition) is 3. The lowest BCUT2D eigenvalue weighted by atomic mass is 10.2. The monoisotopic (exact) mass is 314 g/mol. The summed E-state index contributed by atoms with van der Waals surface area (Å²) in [4.78, 5) is 11.6. The molecule has 4 nitrogen and oxygen atoms in total. The zero-order valence-electron chi connectivity index (χ0n) is 10.7. The molecular weight excluding hydrogens is 296 g/mol. The van der Waals surface area contributed by atoms with Crippen molar-refractivity contribution in [2.45, 2.75) is 32.8 Å². The summed E-state index contributed by atoms with van der Waals surface area (Å²) in [6, 6.07) is 5.46. The Morgan fingerprint density at radius 3 is 2.89 bits per heavy atom. The molecular formula is C13H19BrN2O2. The topological polar surface area (TPSA) is 61.4 Å². The number of aryl methyl sites for hydroxylation is 1. The minimum Gasteiger partial charge on any atom is -0.393 e. The highest BCUT2D eigenvalue weighted by Gasteiger charge is 2.06. The number of carbonyl (C=O) groups excluding carboxylic acids is 1. The van der Waals surface area contributed by atoms with Gasteiger partial charge in [-0.15, -0.1) is 0 Å². The predicted octanol–water partition coefficient (Wildman–Crippen LogP) is 3.04. The van der Waals surface area contributed by atoms with E-state index in [9.17, 15) is 9.90 Å². The van der Waals surface area contributed by atoms with Crippen molar-refractivity contribution in [3.8, 4) is 0 Å². The molecule has 1 rings (SSSR count). The predicted molar refractivity (Wildman–Crippen MR) is 76.8 cm³/mol. The van der Waals surface area contributed by atoms with Crippen molar-refractivity contribution in [3.63, 3.8) is 0 Å². The molecule has 0 saturated carbocycles. The van der Waals surface area contributed by atoms with E-state index in [-0.39, 0.29) is 12.1 Å². The number of hydrogen-bond acceptors (Lipinski definition) is 2. The smallest absolute Gasteiger partial charge is 0.319 e. The third-order valence-corrected chi connectivity index (χ3v) is 3.18. The summed E-state index contributed by atoms with van der Waals surface area (Å²) in [6.45, 7) is 4.31. The minimum atomic E-state index is -0.349. The van der Waals surface area contributed by atoms with Crippen molar-refractivity contribution in [2.75, 3.05) is 11.9 Å². The fraction of sp³-hybridized carbons (Fsp3) is 0.462. The van der Waals surface area contributed by atoms with Crippen molar-refractivity contribution in [2.24, 2.45) is 0 Å². The van der Waals surface area contributed by atoms with Crippen LogP contribution in [0.5, 0.6) is 0 Å². The normalized spacial score (nSPS) is 12.0. The number of nitrogens with one attached hydrogen (secondary N) is 2. The number of halogens is 1. The largest absolute Gasteiger partial charge is 0.393 e. The quantitative estimate of drug-likeness (QED) is 0.782. The van der Waals surface area contributed by atoms with Crippen LogP contribution in [-0.4, -0.2) is 23.8 Å². The molecule has 0 aromatic heterocycles. The maximum atomic E-state index is 11.6. The lowest BCUT2D eigenvalue weighted by Crippen LogP contribution is -2.31. The molecule has 1 aromatic rings. The molecule has 0 fully saturated rings. The zero-order chi connectivity index (χ0) is 13.5. The van der Waals surface area contributed by atoms with Crippen LogP contribution in [0.3, 0.4) is 0 Å². The van der Waals surface area contributed by atoms with Gasteiger partial charge in [-0.3, -0.25) is 0 Å². The molecule has 2 amide bonds. The molecule has 5 heteroatoms. The second-order valence-electron chi connectivity index (χ2n) is 4.19. The van der Waals surface area contributed by atoms with Crippen molar-refractivity contribution in [3.05, 3.63) is 28.2 Å². The van der Waals surface area contributed by atoms with Gasteiger partial charge in [-0.2, -0.15) is 0 Å². The first kappa shape index (κ1) is 15.0. The summed E-state index contributed by atoms with van der Waals surface area (Å²) in [6.07, 6.45) is 0.924. The molecule has 0 aliphatic rings. The van der Waals surface area contributed by atoms with E-state index in [1.54, 1.807) is 0 Å². The van der Waals surface area contributed by atoms with E-state index in [1.165, 1.54) is 0 Å². The van der Waals surface area contributed by atoms with Crippen LogP contribution in [0.1, 0.15) is 25.3 Å². The Labute approximate surface area is 116 Å². The van der Waals surface area contributed by atoms with Crippen LogP contribution in [-0.2, 0) is 0 Å². The number of benzene rings is 1. The summed E-state index contributed by atoms with van der Waals surface area (Å²) in [5, 5.41) is 14.9. The SMILES string of the molecule is CCC(O)CCNC(=O)Nc1cc(Br)ccc1C. The van der Waals surface area contributed by atoms with E-state index >= 15 is 0 Å². The Kier molecular flexibility index (Phi) is 6.15. The average Bonchev–Trinajstić information content (AvgIpc) is 2.33. The minimum absolute atomic E-state index is 0.250. The Balaban J connectivity index is 2.42. The molecule has 0 radical (unpaired) electrons. The van der Waals surface area contributed by atoms with Gasteiger partial charge in [-0.05, 0) is 37.5 Å². The van der Waals surface area contributed by atoms with Gasteiger partial charge in [0.05, 0.1) is 6.10 Å². The summed E-state index contributed by atoms with van der Waals surface area (Å²) in [7, 11) is 0. The van der Waals surface area contributed by atoms with Gasteiger partial charge < -0.3 is 15.7 Å². The van der Waals surface area contributed by atoms with Gasteiger partial charge in [0.1, 0.15) is 0 Å². The molecule has 0 bridgehead atoms. The highest BCUT2D eigenvalue weighted by atomic mass is 79.9. The molecule has 0 aliphatic carbocycles. The van der Waals surface area contributed by atoms with Crippen LogP contribution in [0, 0.1) is 6.92 Å². The summed E-state index contributed by atoms with van der Waals surface area (Å²) in [5.41, 5.74) is 1.78. The highest BCUT2D eigenvalue weighted by molar-refractivity contribution is 9.10. The van der Waals surface area contributed by atoms with Crippen LogP contribution in [0.15, 0.2) is 22.7 Å². The van der Waals surface area contributed by atoms with Gasteiger partial charge in [0.15, 0.2) is 0 Å². The average molecular weight is 315 g/mol. The number of aliphatic hydroxyl groups is 1. The molecule has 1 aromatic carbocycles. The van der Waals surface area contributed by atoms with Crippen LogP contribution >= 0.6 is 15.9 Å². The summed E-state index contributed by atoms with van der Waals surface area (Å²) >= 11 is 3.36. The molecule has 3 N–H and O–H groups in total. The van der Waals surface area contributed by atoms with E-state index in [4.69, 9.17) is 0 Å². The molecule has 1 unspecified atom stereocenters. The Morgan fingerprint density at radius 1 is 1.50 bits per heavy atom. The molecule has 0 heterocycles. The maximum Gasteiger partial charge on any atom is 0.319 e. The Morgan fingerprint density at radius 2 is 2.22 bits per heavy atom. The second kappa shape index (κ2) is 7.38. The van der Waals surface area contributed by atoms with Crippen LogP contribution in [0.4, 0.5) is 10.5 Å². The number of rotatable bonds is 5. The molecule has 0 saturated heterocycles. The lowest BCUT2D eigenvalue weighted by molar-refractivity contribution is 0.160. The first-order chi connectivity index (χ1) is 8.52. The van der Waals surface area contributed by atoms with Gasteiger partial charge in [0.25, 0.3) is 0 Å². The maximum absolute atomic E-state index is 11.6. The zero-order valence-corrected chi connectivity index (χ0v) is 12.3. The summed E-state index contributed by atoms with van der Waals surface area (Å²) in [5.74, 6) is 0. The second-order valence-corrected chi connectivity index (χ2v) is 5.11. The van der Waals surface area contributed by atoms with E-state index in [1.807, 2.05) is 32.0 Å². The molecule has 100 valence electrons.